The third kappa shape index (κ3) is 4.02. The molecule has 0 spiro atoms. The molecule has 1 aromatic heterocycles. The molecule has 0 aromatic carbocycles. The second-order valence-corrected chi connectivity index (χ2v) is 5.16. The molecule has 1 amide bonds. The summed E-state index contributed by atoms with van der Waals surface area (Å²) < 4.78 is 9.04. The number of hydrogen-bond donors (Lipinski definition) is 0. The van der Waals surface area contributed by atoms with Crippen molar-refractivity contribution in [2.24, 2.45) is 0 Å². The van der Waals surface area contributed by atoms with E-state index in [9.17, 15) is 14.4 Å². The van der Waals surface area contributed by atoms with Gasteiger partial charge in [-0.2, -0.15) is 0 Å². The van der Waals surface area contributed by atoms with Crippen molar-refractivity contribution in [3.8, 4) is 0 Å². The van der Waals surface area contributed by atoms with Gasteiger partial charge in [-0.15, -0.1) is 11.3 Å². The first-order valence-corrected chi connectivity index (χ1v) is 6.57. The first kappa shape index (κ1) is 16.1. The molecule has 1 aromatic rings. The first-order valence-electron chi connectivity index (χ1n) is 5.76. The van der Waals surface area contributed by atoms with E-state index in [-0.39, 0.29) is 13.1 Å². The molecule has 7 nitrogen and oxygen atoms in total. The molecule has 0 saturated carbocycles. The molecule has 0 unspecified atom stereocenters. The van der Waals surface area contributed by atoms with Crippen LogP contribution >= 0.6 is 11.3 Å². The van der Waals surface area contributed by atoms with Gasteiger partial charge in [-0.05, 0) is 13.8 Å². The molecule has 110 valence electrons. The normalized spacial score (nSPS) is 10.0. The highest BCUT2D eigenvalue weighted by Crippen LogP contribution is 2.19. The van der Waals surface area contributed by atoms with Gasteiger partial charge in [0.2, 0.25) is 0 Å². The van der Waals surface area contributed by atoms with E-state index in [1.54, 1.807) is 13.8 Å². The number of aryl methyl sites for hydroxylation is 2. The summed E-state index contributed by atoms with van der Waals surface area (Å²) in [5.74, 6) is -1.66. The van der Waals surface area contributed by atoms with Crippen LogP contribution in [0.3, 0.4) is 0 Å². The number of aromatic nitrogens is 1. The fourth-order valence-electron chi connectivity index (χ4n) is 1.51. The molecule has 0 N–H and O–H groups in total. The number of methoxy groups -OCH3 is 2. The zero-order valence-corrected chi connectivity index (χ0v) is 12.6. The molecule has 0 atom stereocenters. The maximum absolute atomic E-state index is 12.4. The minimum atomic E-state index is -0.610. The standard InChI is InChI=1S/C12H16N2O5S/c1-7-11(20-8(2)13-7)12(17)14(5-9(15)18-3)6-10(16)19-4/h5-6H2,1-4H3. The summed E-state index contributed by atoms with van der Waals surface area (Å²) in [6, 6.07) is 0. The van der Waals surface area contributed by atoms with Gasteiger partial charge in [-0.25, -0.2) is 4.98 Å². The molecule has 8 heteroatoms. The quantitative estimate of drug-likeness (QED) is 0.738. The Morgan fingerprint density at radius 1 is 1.10 bits per heavy atom. The second-order valence-electron chi connectivity index (χ2n) is 3.96. The van der Waals surface area contributed by atoms with Gasteiger partial charge in [0, 0.05) is 0 Å². The number of amides is 1. The van der Waals surface area contributed by atoms with Crippen LogP contribution in [0.25, 0.3) is 0 Å². The predicted molar refractivity (Wildman–Crippen MR) is 71.5 cm³/mol. The lowest BCUT2D eigenvalue weighted by Gasteiger charge is -2.19. The van der Waals surface area contributed by atoms with Crippen LogP contribution in [0.5, 0.6) is 0 Å². The Kier molecular flexibility index (Phi) is 5.63. The van der Waals surface area contributed by atoms with E-state index in [1.165, 1.54) is 25.6 Å². The van der Waals surface area contributed by atoms with Gasteiger partial charge >= 0.3 is 11.9 Å². The Bertz CT molecular complexity index is 508. The summed E-state index contributed by atoms with van der Waals surface area (Å²) in [5, 5.41) is 0.738. The van der Waals surface area contributed by atoms with E-state index >= 15 is 0 Å². The largest absolute Gasteiger partial charge is 0.468 e. The molecule has 0 radical (unpaired) electrons. The van der Waals surface area contributed by atoms with E-state index in [2.05, 4.69) is 14.5 Å². The van der Waals surface area contributed by atoms with Gasteiger partial charge in [-0.1, -0.05) is 0 Å². The van der Waals surface area contributed by atoms with Crippen LogP contribution in [0.1, 0.15) is 20.4 Å². The molecular weight excluding hydrogens is 284 g/mol. The van der Waals surface area contributed by atoms with Crippen LogP contribution < -0.4 is 0 Å². The van der Waals surface area contributed by atoms with Crippen molar-refractivity contribution in [1.29, 1.82) is 0 Å². The Labute approximate surface area is 120 Å². The van der Waals surface area contributed by atoms with Gasteiger partial charge in [-0.3, -0.25) is 14.4 Å². The minimum Gasteiger partial charge on any atom is -0.468 e. The van der Waals surface area contributed by atoms with Gasteiger partial charge in [0.25, 0.3) is 5.91 Å². The molecule has 0 aliphatic rings. The van der Waals surface area contributed by atoms with Gasteiger partial charge in [0.05, 0.1) is 24.9 Å². The molecule has 1 heterocycles. The van der Waals surface area contributed by atoms with Crippen LogP contribution in [0.4, 0.5) is 0 Å². The second kappa shape index (κ2) is 6.99. The summed E-state index contributed by atoms with van der Waals surface area (Å²) in [6.07, 6.45) is 0. The number of rotatable bonds is 5. The first-order chi connectivity index (χ1) is 9.38. The molecule has 1 rings (SSSR count). The lowest BCUT2D eigenvalue weighted by Crippen LogP contribution is -2.40. The van der Waals surface area contributed by atoms with Crippen LogP contribution in [0, 0.1) is 13.8 Å². The van der Waals surface area contributed by atoms with E-state index in [1.807, 2.05) is 0 Å². The summed E-state index contributed by atoms with van der Waals surface area (Å²) >= 11 is 1.21. The van der Waals surface area contributed by atoms with Crippen molar-refractivity contribution in [3.63, 3.8) is 0 Å². The summed E-state index contributed by atoms with van der Waals surface area (Å²) in [7, 11) is 2.43. The van der Waals surface area contributed by atoms with Crippen molar-refractivity contribution >= 4 is 29.2 Å². The Hall–Kier alpha value is -1.96. The minimum absolute atomic E-state index is 0.319. The van der Waals surface area contributed by atoms with Crippen LogP contribution in [0.15, 0.2) is 0 Å². The molecule has 0 saturated heterocycles. The van der Waals surface area contributed by atoms with E-state index in [0.29, 0.717) is 10.6 Å². The van der Waals surface area contributed by atoms with Crippen molar-refractivity contribution in [3.05, 3.63) is 15.6 Å². The van der Waals surface area contributed by atoms with Crippen LogP contribution in [-0.2, 0) is 19.1 Å². The highest BCUT2D eigenvalue weighted by Gasteiger charge is 2.25. The van der Waals surface area contributed by atoms with E-state index in [0.717, 1.165) is 9.91 Å². The maximum atomic E-state index is 12.4. The zero-order chi connectivity index (χ0) is 15.3. The number of nitrogens with zero attached hydrogens (tertiary/aromatic N) is 2. The number of hydrogen-bond acceptors (Lipinski definition) is 7. The smallest absolute Gasteiger partial charge is 0.325 e. The molecule has 0 bridgehead atoms. The maximum Gasteiger partial charge on any atom is 0.325 e. The lowest BCUT2D eigenvalue weighted by atomic mass is 10.3. The fourth-order valence-corrected chi connectivity index (χ4v) is 2.40. The Morgan fingerprint density at radius 2 is 1.60 bits per heavy atom. The highest BCUT2D eigenvalue weighted by atomic mass is 32.1. The average Bonchev–Trinajstić information content (AvgIpc) is 2.75. The summed E-state index contributed by atoms with van der Waals surface area (Å²) in [6.45, 7) is 2.84. The van der Waals surface area contributed by atoms with Gasteiger partial charge < -0.3 is 14.4 Å². The van der Waals surface area contributed by atoms with Crippen LogP contribution in [0.2, 0.25) is 0 Å². The monoisotopic (exact) mass is 300 g/mol. The molecule has 20 heavy (non-hydrogen) atoms. The summed E-state index contributed by atoms with van der Waals surface area (Å²) in [5.41, 5.74) is 0.567. The highest BCUT2D eigenvalue weighted by molar-refractivity contribution is 7.13. The Morgan fingerprint density at radius 3 is 1.95 bits per heavy atom. The number of carbonyl (C=O) groups is 3. The molecule has 0 aliphatic heterocycles. The molecule has 0 aliphatic carbocycles. The predicted octanol–water partition coefficient (Wildman–Crippen LogP) is 0.548. The number of thiazole rings is 1. The lowest BCUT2D eigenvalue weighted by molar-refractivity contribution is -0.144. The molecular formula is C12H16N2O5S. The van der Waals surface area contributed by atoms with Crippen molar-refractivity contribution in [2.75, 3.05) is 27.3 Å². The van der Waals surface area contributed by atoms with Gasteiger partial charge in [0.15, 0.2) is 0 Å². The zero-order valence-electron chi connectivity index (χ0n) is 11.8. The third-order valence-electron chi connectivity index (χ3n) is 2.48. The third-order valence-corrected chi connectivity index (χ3v) is 3.54. The molecule has 0 fully saturated rings. The topological polar surface area (TPSA) is 85.8 Å². The number of carbonyl (C=O) groups excluding carboxylic acids is 3. The number of esters is 2. The van der Waals surface area contributed by atoms with Crippen LogP contribution in [-0.4, -0.2) is 55.0 Å². The summed E-state index contributed by atoms with van der Waals surface area (Å²) in [4.78, 5) is 40.7. The average molecular weight is 300 g/mol. The van der Waals surface area contributed by atoms with E-state index in [4.69, 9.17) is 0 Å². The van der Waals surface area contributed by atoms with Crippen molar-refractivity contribution in [2.45, 2.75) is 13.8 Å². The van der Waals surface area contributed by atoms with Gasteiger partial charge in [0.1, 0.15) is 18.0 Å². The van der Waals surface area contributed by atoms with Crippen molar-refractivity contribution < 1.29 is 23.9 Å². The Balaban J connectivity index is 2.96. The van der Waals surface area contributed by atoms with Crippen molar-refractivity contribution in [1.82, 2.24) is 9.88 Å². The number of ether oxygens (including phenoxy) is 2. The fraction of sp³-hybridized carbons (Fsp3) is 0.500. The van der Waals surface area contributed by atoms with E-state index < -0.39 is 17.8 Å². The SMILES string of the molecule is COC(=O)CN(CC(=O)OC)C(=O)c1sc(C)nc1C.